The van der Waals surface area contributed by atoms with E-state index in [9.17, 15) is 4.39 Å². The van der Waals surface area contributed by atoms with Crippen molar-refractivity contribution in [2.75, 3.05) is 13.7 Å². The van der Waals surface area contributed by atoms with E-state index in [0.717, 1.165) is 47.6 Å². The first-order valence-electron chi connectivity index (χ1n) is 10.7. The highest BCUT2D eigenvalue weighted by Gasteiger charge is 2.22. The molecule has 32 heavy (non-hydrogen) atoms. The lowest BCUT2D eigenvalue weighted by atomic mass is 9.95. The summed E-state index contributed by atoms with van der Waals surface area (Å²) in [5.41, 5.74) is 10.5. The maximum atomic E-state index is 13.1. The van der Waals surface area contributed by atoms with Crippen molar-refractivity contribution >= 4 is 11.5 Å². The highest BCUT2D eigenvalue weighted by Crippen LogP contribution is 2.26. The van der Waals surface area contributed by atoms with E-state index >= 15 is 0 Å². The second-order valence-corrected chi connectivity index (χ2v) is 7.95. The van der Waals surface area contributed by atoms with E-state index in [0.29, 0.717) is 5.70 Å². The van der Waals surface area contributed by atoms with Crippen LogP contribution in [0.2, 0.25) is 0 Å². The zero-order valence-corrected chi connectivity index (χ0v) is 18.3. The monoisotopic (exact) mass is 433 g/mol. The number of aryl methyl sites for hydroxylation is 1. The molecule has 1 aromatic heterocycles. The molecule has 0 amide bonds. The third-order valence-electron chi connectivity index (χ3n) is 5.60. The number of aromatic nitrogens is 2. The first-order valence-corrected chi connectivity index (χ1v) is 10.7. The van der Waals surface area contributed by atoms with Crippen molar-refractivity contribution in [3.8, 4) is 0 Å². The molecule has 0 spiro atoms. The van der Waals surface area contributed by atoms with Crippen molar-refractivity contribution in [1.29, 1.82) is 0 Å². The van der Waals surface area contributed by atoms with Gasteiger partial charge in [-0.05, 0) is 72.9 Å². The number of hydrogen-bond acceptors (Lipinski definition) is 4. The van der Waals surface area contributed by atoms with Crippen molar-refractivity contribution in [3.05, 3.63) is 95.5 Å². The van der Waals surface area contributed by atoms with Crippen molar-refractivity contribution in [3.63, 3.8) is 0 Å². The minimum atomic E-state index is -0.291. The summed E-state index contributed by atoms with van der Waals surface area (Å²) >= 11 is 0. The number of ether oxygens (including phenoxy) is 1. The molecule has 1 fully saturated rings. The van der Waals surface area contributed by atoms with E-state index in [2.05, 4.69) is 44.2 Å². The van der Waals surface area contributed by atoms with Crippen molar-refractivity contribution in [1.82, 2.24) is 14.9 Å². The van der Waals surface area contributed by atoms with Crippen LogP contribution >= 0.6 is 0 Å². The zero-order valence-electron chi connectivity index (χ0n) is 18.3. The fraction of sp³-hybridized carbons (Fsp3) is 0.280. The first-order chi connectivity index (χ1) is 15.5. The molecule has 6 nitrogen and oxygen atoms in total. The summed E-state index contributed by atoms with van der Waals surface area (Å²) in [6.07, 6.45) is 15.9. The predicted molar refractivity (Wildman–Crippen MR) is 125 cm³/mol. The highest BCUT2D eigenvalue weighted by atomic mass is 19.1. The zero-order chi connectivity index (χ0) is 22.5. The molecule has 1 aliphatic carbocycles. The Balaban J connectivity index is 1.55. The lowest BCUT2D eigenvalue weighted by Gasteiger charge is -2.26. The largest absolute Gasteiger partial charge is 0.397 e. The fourth-order valence-electron chi connectivity index (χ4n) is 3.88. The smallest absolute Gasteiger partial charge is 0.129 e. The normalized spacial score (nSPS) is 24.0. The molecule has 1 saturated heterocycles. The number of allylic oxidation sites excluding steroid dienone is 3. The molecule has 1 aliphatic heterocycles. The van der Waals surface area contributed by atoms with Gasteiger partial charge in [-0.1, -0.05) is 12.2 Å². The number of methoxy groups -OCH3 is 1. The van der Waals surface area contributed by atoms with Gasteiger partial charge in [-0.25, -0.2) is 14.4 Å². The predicted octanol–water partition coefficient (Wildman–Crippen LogP) is 4.05. The molecule has 0 radical (unpaired) electrons. The molecule has 166 valence electrons. The molecule has 2 atom stereocenters. The average Bonchev–Trinajstić information content (AvgIpc) is 3.24. The van der Waals surface area contributed by atoms with E-state index in [-0.39, 0.29) is 18.0 Å². The molecule has 7 heteroatoms. The van der Waals surface area contributed by atoms with Crippen molar-refractivity contribution in [2.45, 2.75) is 31.9 Å². The van der Waals surface area contributed by atoms with Gasteiger partial charge in [0.2, 0.25) is 0 Å². The van der Waals surface area contributed by atoms with Crippen LogP contribution in [0.5, 0.6) is 0 Å². The van der Waals surface area contributed by atoms with Crippen LogP contribution in [0.25, 0.3) is 5.70 Å². The van der Waals surface area contributed by atoms with Crippen LogP contribution in [-0.4, -0.2) is 35.1 Å². The standard InChI is InChI=1S/C25H28FN5O/c1-17-15-31(16-30-17)23-10-5-18(13-24(23)32-2)12-20-4-3-11-28-25(20)29-14-22(27)19-6-8-21(26)9-7-19/h5-10,12-16,23-24H,3-4,11,27H2,1-2H3,(H,28,29)/b20-12+,22-14-. The Bertz CT molecular complexity index is 1110. The minimum absolute atomic E-state index is 0.0689. The summed E-state index contributed by atoms with van der Waals surface area (Å²) in [7, 11) is 1.72. The van der Waals surface area contributed by atoms with Gasteiger partial charge in [0.25, 0.3) is 0 Å². The molecule has 2 unspecified atom stereocenters. The van der Waals surface area contributed by atoms with E-state index in [1.807, 2.05) is 19.4 Å². The van der Waals surface area contributed by atoms with E-state index in [4.69, 9.17) is 10.5 Å². The third kappa shape index (κ3) is 5.06. The van der Waals surface area contributed by atoms with Crippen molar-refractivity contribution < 1.29 is 9.13 Å². The number of nitrogens with zero attached hydrogens (tertiary/aromatic N) is 3. The van der Waals surface area contributed by atoms with E-state index in [1.54, 1.807) is 25.4 Å². The molecule has 1 aromatic carbocycles. The van der Waals surface area contributed by atoms with Crippen LogP contribution in [0.4, 0.5) is 4.39 Å². The Labute approximate surface area is 187 Å². The molecular weight excluding hydrogens is 405 g/mol. The summed E-state index contributed by atoms with van der Waals surface area (Å²) < 4.78 is 21.0. The Morgan fingerprint density at radius 1 is 1.34 bits per heavy atom. The number of amidine groups is 1. The van der Waals surface area contributed by atoms with Gasteiger partial charge in [-0.3, -0.25) is 0 Å². The second-order valence-electron chi connectivity index (χ2n) is 7.95. The van der Waals surface area contributed by atoms with Crippen LogP contribution in [0.1, 0.15) is 30.1 Å². The van der Waals surface area contributed by atoms with Crippen LogP contribution in [0.15, 0.2) is 83.4 Å². The Kier molecular flexibility index (Phi) is 6.66. The summed E-state index contributed by atoms with van der Waals surface area (Å²) in [5.74, 6) is 0.512. The van der Waals surface area contributed by atoms with Gasteiger partial charge < -0.3 is 20.4 Å². The molecule has 2 aromatic rings. The molecule has 0 saturated carbocycles. The molecule has 2 heterocycles. The topological polar surface area (TPSA) is 77.5 Å². The maximum absolute atomic E-state index is 13.1. The van der Waals surface area contributed by atoms with Gasteiger partial charge in [0, 0.05) is 19.9 Å². The Morgan fingerprint density at radius 3 is 2.88 bits per heavy atom. The number of hydrogen-bond donors (Lipinski definition) is 2. The lowest BCUT2D eigenvalue weighted by molar-refractivity contribution is 0.108. The summed E-state index contributed by atoms with van der Waals surface area (Å²) in [6, 6.07) is 6.14. The Morgan fingerprint density at radius 2 is 2.16 bits per heavy atom. The van der Waals surface area contributed by atoms with Gasteiger partial charge in [0.1, 0.15) is 17.8 Å². The number of rotatable bonds is 5. The van der Waals surface area contributed by atoms with Crippen LogP contribution in [0.3, 0.4) is 0 Å². The van der Waals surface area contributed by atoms with Gasteiger partial charge in [0.15, 0.2) is 0 Å². The van der Waals surface area contributed by atoms with Crippen LogP contribution in [-0.2, 0) is 4.74 Å². The Hall–Kier alpha value is -3.45. The summed E-state index contributed by atoms with van der Waals surface area (Å²) in [5, 5.41) is 3.36. The third-order valence-corrected chi connectivity index (χ3v) is 5.60. The maximum Gasteiger partial charge on any atom is 0.129 e. The number of piperidine rings is 1. The average molecular weight is 434 g/mol. The second kappa shape index (κ2) is 9.78. The van der Waals surface area contributed by atoms with E-state index < -0.39 is 0 Å². The molecular formula is C25H28FN5O. The van der Waals surface area contributed by atoms with Gasteiger partial charge in [0.05, 0.1) is 30.0 Å². The van der Waals surface area contributed by atoms with Crippen LogP contribution in [0, 0.1) is 12.7 Å². The molecule has 0 bridgehead atoms. The van der Waals surface area contributed by atoms with Gasteiger partial charge in [-0.15, -0.1) is 0 Å². The summed E-state index contributed by atoms with van der Waals surface area (Å²) in [4.78, 5) is 8.92. The number of benzene rings is 1. The quantitative estimate of drug-likeness (QED) is 0.746. The first kappa shape index (κ1) is 21.8. The van der Waals surface area contributed by atoms with Crippen molar-refractivity contribution in [2.24, 2.45) is 10.7 Å². The van der Waals surface area contributed by atoms with Gasteiger partial charge >= 0.3 is 0 Å². The molecule has 4 rings (SSSR count). The van der Waals surface area contributed by atoms with Crippen LogP contribution < -0.4 is 11.1 Å². The molecule has 2 aliphatic rings. The van der Waals surface area contributed by atoms with Gasteiger partial charge in [-0.2, -0.15) is 0 Å². The number of nitrogens with two attached hydrogens (primary N) is 1. The lowest BCUT2D eigenvalue weighted by Crippen LogP contribution is -2.31. The SMILES string of the molecule is COC1C=C(\C=C2/CCCN/C2=N\C=C(/N)c2ccc(F)cc2)C=CC1n1cnc(C)c1. The number of nitrogens with one attached hydrogen (secondary N) is 1. The van der Waals surface area contributed by atoms with E-state index in [1.165, 1.54) is 12.1 Å². The fourth-order valence-corrected chi connectivity index (χ4v) is 3.88. The summed E-state index contributed by atoms with van der Waals surface area (Å²) in [6.45, 7) is 2.84. The number of halogens is 1. The minimum Gasteiger partial charge on any atom is -0.397 e. The number of aliphatic imine (C=N–C) groups is 1. The molecule has 3 N–H and O–H groups in total. The highest BCUT2D eigenvalue weighted by molar-refractivity contribution is 6.00. The number of imidazole rings is 1.